The first-order valence-electron chi connectivity index (χ1n) is 5.63. The second kappa shape index (κ2) is 5.33. The van der Waals surface area contributed by atoms with Crippen LogP contribution in [0.3, 0.4) is 0 Å². The lowest BCUT2D eigenvalue weighted by atomic mass is 9.98. The summed E-state index contributed by atoms with van der Waals surface area (Å²) >= 11 is 0. The Morgan fingerprint density at radius 1 is 0.696 bits per heavy atom. The molecule has 0 unspecified atom stereocenters. The smallest absolute Gasteiger partial charge is 0.206 e. The number of nitriles is 1. The van der Waals surface area contributed by atoms with Gasteiger partial charge < -0.3 is 0 Å². The number of alkyl halides is 3. The number of hydrogen-bond donors (Lipinski definition) is 0. The van der Waals surface area contributed by atoms with Gasteiger partial charge in [0, 0.05) is 5.56 Å². The molecule has 0 aromatic heterocycles. The van der Waals surface area contributed by atoms with Crippen LogP contribution >= 0.6 is 0 Å². The first-order chi connectivity index (χ1) is 10.5. The third kappa shape index (κ3) is 2.36. The summed E-state index contributed by atoms with van der Waals surface area (Å²) in [6, 6.07) is 1.21. The van der Waals surface area contributed by atoms with Gasteiger partial charge in [0.1, 0.15) is 17.2 Å². The van der Waals surface area contributed by atoms with Crippen molar-refractivity contribution in [1.29, 1.82) is 5.26 Å². The normalized spacial score (nSPS) is 11.8. The fourth-order valence-corrected chi connectivity index (χ4v) is 2.05. The van der Waals surface area contributed by atoms with E-state index in [-0.39, 0.29) is 0 Å². The van der Waals surface area contributed by atoms with Gasteiger partial charge in [-0.05, 0) is 0 Å². The molecule has 2 aromatic carbocycles. The minimum absolute atomic E-state index is 1.13. The highest BCUT2D eigenvalue weighted by molar-refractivity contribution is 5.87. The highest BCUT2D eigenvalue weighted by atomic mass is 19.4. The van der Waals surface area contributed by atoms with Gasteiger partial charge in [-0.15, -0.1) is 0 Å². The maximum atomic E-state index is 13.9. The number of halogens is 9. The Morgan fingerprint density at radius 3 is 1.65 bits per heavy atom. The summed E-state index contributed by atoms with van der Waals surface area (Å²) in [7, 11) is 0. The molecular weight excluding hydrogens is 341 g/mol. The molecule has 0 N–H and O–H groups in total. The van der Waals surface area contributed by atoms with Crippen LogP contribution in [0.25, 0.3) is 10.8 Å². The third-order valence-corrected chi connectivity index (χ3v) is 3.02. The lowest BCUT2D eigenvalue weighted by Gasteiger charge is -2.15. The molecule has 2 rings (SSSR count). The van der Waals surface area contributed by atoms with Gasteiger partial charge in [-0.25, -0.2) is 26.3 Å². The molecular formula is C13H2F9N. The molecule has 0 heterocycles. The molecule has 0 saturated carbocycles. The molecule has 0 aliphatic rings. The van der Waals surface area contributed by atoms with Crippen LogP contribution in [0.5, 0.6) is 0 Å². The van der Waals surface area contributed by atoms with Crippen LogP contribution in [0.1, 0.15) is 11.1 Å². The van der Waals surface area contributed by atoms with Crippen molar-refractivity contribution >= 4 is 10.8 Å². The first kappa shape index (κ1) is 16.9. The lowest BCUT2D eigenvalue weighted by Crippen LogP contribution is -2.16. The van der Waals surface area contributed by atoms with E-state index in [1.807, 2.05) is 0 Å². The van der Waals surface area contributed by atoms with Crippen LogP contribution in [0.4, 0.5) is 39.5 Å². The fourth-order valence-electron chi connectivity index (χ4n) is 2.05. The van der Waals surface area contributed by atoms with Crippen LogP contribution in [0, 0.1) is 46.2 Å². The van der Waals surface area contributed by atoms with Gasteiger partial charge >= 0.3 is 6.18 Å². The van der Waals surface area contributed by atoms with E-state index in [4.69, 9.17) is 5.26 Å². The minimum Gasteiger partial charge on any atom is -0.206 e. The molecule has 0 spiro atoms. The molecule has 23 heavy (non-hydrogen) atoms. The Kier molecular flexibility index (Phi) is 3.92. The Balaban J connectivity index is 3.15. The Bertz CT molecular complexity index is 861. The number of fused-ring (bicyclic) bond motifs is 1. The summed E-state index contributed by atoms with van der Waals surface area (Å²) in [5.41, 5.74) is -4.16. The molecule has 10 heteroatoms. The van der Waals surface area contributed by atoms with Crippen LogP contribution < -0.4 is 0 Å². The second-order valence-electron chi connectivity index (χ2n) is 4.32. The molecule has 0 amide bonds. The molecule has 0 fully saturated rings. The second-order valence-corrected chi connectivity index (χ2v) is 4.32. The quantitative estimate of drug-likeness (QED) is 0.541. The highest BCUT2D eigenvalue weighted by Crippen LogP contribution is 2.41. The van der Waals surface area contributed by atoms with Crippen molar-refractivity contribution in [3.8, 4) is 6.07 Å². The van der Waals surface area contributed by atoms with Crippen LogP contribution in [0.2, 0.25) is 0 Å². The number of rotatable bonds is 1. The van der Waals surface area contributed by atoms with Gasteiger partial charge in [0.15, 0.2) is 23.3 Å². The van der Waals surface area contributed by atoms with Crippen molar-refractivity contribution < 1.29 is 39.5 Å². The van der Waals surface area contributed by atoms with Gasteiger partial charge in [-0.1, -0.05) is 0 Å². The van der Waals surface area contributed by atoms with Gasteiger partial charge in [0.05, 0.1) is 23.3 Å². The van der Waals surface area contributed by atoms with Gasteiger partial charge in [-0.2, -0.15) is 18.4 Å². The van der Waals surface area contributed by atoms with E-state index in [1.165, 1.54) is 6.07 Å². The third-order valence-electron chi connectivity index (χ3n) is 3.02. The number of nitrogens with zero attached hydrogens (tertiary/aromatic N) is 1. The van der Waals surface area contributed by atoms with Crippen molar-refractivity contribution in [2.24, 2.45) is 0 Å². The maximum Gasteiger partial charge on any atom is 0.422 e. The molecule has 0 saturated heterocycles. The van der Waals surface area contributed by atoms with E-state index in [2.05, 4.69) is 0 Å². The summed E-state index contributed by atoms with van der Waals surface area (Å²) in [5.74, 6) is -14.6. The molecule has 0 bridgehead atoms. The topological polar surface area (TPSA) is 23.8 Å². The Morgan fingerprint density at radius 2 is 1.17 bits per heavy atom. The van der Waals surface area contributed by atoms with E-state index < -0.39 is 69.4 Å². The van der Waals surface area contributed by atoms with Crippen molar-refractivity contribution in [3.63, 3.8) is 0 Å². The van der Waals surface area contributed by atoms with Crippen LogP contribution in [-0.2, 0) is 12.6 Å². The molecule has 2 aromatic rings. The Labute approximate surface area is 121 Å². The van der Waals surface area contributed by atoms with E-state index >= 15 is 0 Å². The van der Waals surface area contributed by atoms with E-state index in [0.717, 1.165) is 0 Å². The summed E-state index contributed by atoms with van der Waals surface area (Å²) in [5, 5.41) is 4.51. The van der Waals surface area contributed by atoms with Crippen molar-refractivity contribution in [1.82, 2.24) is 0 Å². The summed E-state index contributed by atoms with van der Waals surface area (Å²) in [6.45, 7) is 0. The monoisotopic (exact) mass is 343 g/mol. The summed E-state index contributed by atoms with van der Waals surface area (Å²) in [4.78, 5) is 0. The van der Waals surface area contributed by atoms with Gasteiger partial charge in [-0.3, -0.25) is 0 Å². The van der Waals surface area contributed by atoms with E-state index in [1.54, 1.807) is 0 Å². The predicted octanol–water partition coefficient (Wildman–Crippen LogP) is 4.76. The molecule has 0 aliphatic heterocycles. The van der Waals surface area contributed by atoms with Crippen LogP contribution in [0.15, 0.2) is 0 Å². The first-order valence-corrected chi connectivity index (χ1v) is 5.63. The van der Waals surface area contributed by atoms with E-state index in [9.17, 15) is 39.5 Å². The fraction of sp³-hybridized carbons (Fsp3) is 0.154. The number of hydrogen-bond acceptors (Lipinski definition) is 1. The molecule has 0 aliphatic carbocycles. The lowest BCUT2D eigenvalue weighted by molar-refractivity contribution is -0.142. The van der Waals surface area contributed by atoms with Crippen molar-refractivity contribution in [3.05, 3.63) is 46.0 Å². The minimum atomic E-state index is -5.77. The van der Waals surface area contributed by atoms with E-state index in [0.29, 0.717) is 0 Å². The summed E-state index contributed by atoms with van der Waals surface area (Å²) in [6.07, 6.45) is -6.90. The zero-order chi connectivity index (χ0) is 17.7. The molecule has 0 radical (unpaired) electrons. The van der Waals surface area contributed by atoms with Crippen molar-refractivity contribution in [2.75, 3.05) is 0 Å². The van der Waals surface area contributed by atoms with Gasteiger partial charge in [0.2, 0.25) is 0 Å². The zero-order valence-corrected chi connectivity index (χ0v) is 10.6. The average molecular weight is 343 g/mol. The standard InChI is InChI=1S/C13H2F9N/c14-7-3(1-2-23)8(15)10(17)5-4(7)11(18)12(19)6(9(5)16)13(20,21)22/h1H2. The summed E-state index contributed by atoms with van der Waals surface area (Å²) < 4.78 is 120. The zero-order valence-electron chi connectivity index (χ0n) is 10.6. The SMILES string of the molecule is N#CCc1c(F)c(F)c2c(F)c(C(F)(F)F)c(F)c(F)c2c1F. The largest absolute Gasteiger partial charge is 0.422 e. The van der Waals surface area contributed by atoms with Crippen LogP contribution in [-0.4, -0.2) is 0 Å². The van der Waals surface area contributed by atoms with Gasteiger partial charge in [0.25, 0.3) is 0 Å². The predicted molar refractivity (Wildman–Crippen MR) is 58.0 cm³/mol. The van der Waals surface area contributed by atoms with Crippen molar-refractivity contribution in [2.45, 2.75) is 12.6 Å². The Hall–Kier alpha value is -2.44. The average Bonchev–Trinajstić information content (AvgIpc) is 2.43. The molecule has 0 atom stereocenters. The highest BCUT2D eigenvalue weighted by Gasteiger charge is 2.42. The number of benzene rings is 2. The molecule has 122 valence electrons. The maximum absolute atomic E-state index is 13.9. The molecule has 1 nitrogen and oxygen atoms in total.